The van der Waals surface area contributed by atoms with E-state index in [0.717, 1.165) is 30.6 Å². The van der Waals surface area contributed by atoms with Gasteiger partial charge in [0.1, 0.15) is 0 Å². The monoisotopic (exact) mass is 196 g/mol. The summed E-state index contributed by atoms with van der Waals surface area (Å²) in [6, 6.07) is 0. The predicted molar refractivity (Wildman–Crippen MR) is 56.4 cm³/mol. The largest absolute Gasteiger partial charge is 0.508 e. The zero-order valence-corrected chi connectivity index (χ0v) is 8.99. The first-order valence-corrected chi connectivity index (χ1v) is 4.98. The summed E-state index contributed by atoms with van der Waals surface area (Å²) in [7, 11) is -1.42. The van der Waals surface area contributed by atoms with E-state index in [1.807, 2.05) is 13.8 Å². The van der Waals surface area contributed by atoms with Gasteiger partial charge in [-0.2, -0.15) is 5.10 Å². The van der Waals surface area contributed by atoms with Gasteiger partial charge in [0.05, 0.1) is 11.3 Å². The van der Waals surface area contributed by atoms with E-state index < -0.39 is 7.12 Å². The van der Waals surface area contributed by atoms with Crippen LogP contribution in [-0.2, 0) is 6.54 Å². The highest BCUT2D eigenvalue weighted by Crippen LogP contribution is 2.03. The molecule has 4 nitrogen and oxygen atoms in total. The predicted octanol–water partition coefficient (Wildman–Crippen LogP) is -0.0202. The number of aryl methyl sites for hydroxylation is 2. The van der Waals surface area contributed by atoms with Gasteiger partial charge in [-0.3, -0.25) is 4.68 Å². The molecule has 1 rings (SSSR count). The molecule has 0 bridgehead atoms. The molecular weight excluding hydrogens is 179 g/mol. The van der Waals surface area contributed by atoms with Crippen LogP contribution in [-0.4, -0.2) is 26.9 Å². The number of hydrogen-bond acceptors (Lipinski definition) is 3. The van der Waals surface area contributed by atoms with E-state index in [1.165, 1.54) is 0 Å². The third-order valence-corrected chi connectivity index (χ3v) is 2.44. The van der Waals surface area contributed by atoms with E-state index in [9.17, 15) is 10.0 Å². The maximum Gasteiger partial charge on any atom is 0.508 e. The standard InChI is InChI=1S/C9H17BN2O2/c1-4-5-6-12-9(10(13)14)7(2)8(3)11-12/h13-14H,4-6H2,1-3H3. The molecule has 2 N–H and O–H groups in total. The molecule has 0 aliphatic rings. The second-order valence-corrected chi connectivity index (χ2v) is 3.55. The van der Waals surface area contributed by atoms with E-state index in [4.69, 9.17) is 0 Å². The van der Waals surface area contributed by atoms with E-state index in [1.54, 1.807) is 4.68 Å². The molecule has 14 heavy (non-hydrogen) atoms. The van der Waals surface area contributed by atoms with Crippen LogP contribution >= 0.6 is 0 Å². The van der Waals surface area contributed by atoms with Crippen LogP contribution in [0.25, 0.3) is 0 Å². The minimum absolute atomic E-state index is 0.524. The van der Waals surface area contributed by atoms with Crippen LogP contribution in [0, 0.1) is 13.8 Å². The third-order valence-electron chi connectivity index (χ3n) is 2.44. The van der Waals surface area contributed by atoms with E-state index in [2.05, 4.69) is 12.0 Å². The van der Waals surface area contributed by atoms with Gasteiger partial charge in [-0.15, -0.1) is 0 Å². The Hall–Kier alpha value is -0.805. The second-order valence-electron chi connectivity index (χ2n) is 3.55. The molecule has 0 aliphatic heterocycles. The summed E-state index contributed by atoms with van der Waals surface area (Å²) in [6.07, 6.45) is 2.07. The zero-order chi connectivity index (χ0) is 10.7. The van der Waals surface area contributed by atoms with Crippen LogP contribution < -0.4 is 5.59 Å². The molecule has 0 saturated heterocycles. The van der Waals surface area contributed by atoms with Crippen LogP contribution in [0.2, 0.25) is 0 Å². The number of rotatable bonds is 4. The Morgan fingerprint density at radius 1 is 1.36 bits per heavy atom. The maximum absolute atomic E-state index is 9.19. The lowest BCUT2D eigenvalue weighted by molar-refractivity contribution is 0.418. The lowest BCUT2D eigenvalue weighted by atomic mass is 9.82. The second kappa shape index (κ2) is 4.62. The highest BCUT2D eigenvalue weighted by Gasteiger charge is 2.22. The van der Waals surface area contributed by atoms with Gasteiger partial charge in [-0.1, -0.05) is 13.3 Å². The Labute approximate surface area is 84.7 Å². The highest BCUT2D eigenvalue weighted by molar-refractivity contribution is 6.58. The Balaban J connectivity index is 2.96. The first-order valence-electron chi connectivity index (χ1n) is 4.98. The van der Waals surface area contributed by atoms with Gasteiger partial charge in [0.25, 0.3) is 0 Å². The number of aromatic nitrogens is 2. The summed E-state index contributed by atoms with van der Waals surface area (Å²) in [5, 5.41) is 22.7. The fourth-order valence-corrected chi connectivity index (χ4v) is 1.49. The van der Waals surface area contributed by atoms with Gasteiger partial charge in [-0.05, 0) is 25.8 Å². The molecule has 1 heterocycles. The molecule has 1 aromatic rings. The minimum atomic E-state index is -1.42. The Kier molecular flexibility index (Phi) is 3.72. The average Bonchev–Trinajstić information content (AvgIpc) is 2.39. The van der Waals surface area contributed by atoms with Crippen LogP contribution in [0.3, 0.4) is 0 Å². The van der Waals surface area contributed by atoms with Gasteiger partial charge in [0.15, 0.2) is 0 Å². The zero-order valence-electron chi connectivity index (χ0n) is 8.99. The summed E-state index contributed by atoms with van der Waals surface area (Å²) in [5.41, 5.74) is 2.26. The molecule has 0 aliphatic carbocycles. The van der Waals surface area contributed by atoms with Crippen molar-refractivity contribution in [2.24, 2.45) is 0 Å². The average molecular weight is 196 g/mol. The van der Waals surface area contributed by atoms with Crippen molar-refractivity contribution in [3.63, 3.8) is 0 Å². The lowest BCUT2D eigenvalue weighted by Crippen LogP contribution is -2.38. The quantitative estimate of drug-likeness (QED) is 0.665. The highest BCUT2D eigenvalue weighted by atomic mass is 16.4. The molecule has 0 spiro atoms. The SMILES string of the molecule is CCCCn1nc(C)c(C)c1B(O)O. The Bertz CT molecular complexity index is 310. The van der Waals surface area contributed by atoms with E-state index in [0.29, 0.717) is 5.59 Å². The normalized spacial score (nSPS) is 10.6. The van der Waals surface area contributed by atoms with Gasteiger partial charge >= 0.3 is 7.12 Å². The molecule has 0 unspecified atom stereocenters. The van der Waals surface area contributed by atoms with Crippen molar-refractivity contribution in [3.8, 4) is 0 Å². The van der Waals surface area contributed by atoms with Crippen LogP contribution in [0.1, 0.15) is 31.0 Å². The topological polar surface area (TPSA) is 58.3 Å². The Morgan fingerprint density at radius 3 is 2.50 bits per heavy atom. The number of nitrogens with zero attached hydrogens (tertiary/aromatic N) is 2. The molecule has 1 aromatic heterocycles. The third kappa shape index (κ3) is 2.16. The molecule has 0 saturated carbocycles. The summed E-state index contributed by atoms with van der Waals surface area (Å²) in [6.45, 7) is 6.58. The van der Waals surface area contributed by atoms with Crippen LogP contribution in [0.5, 0.6) is 0 Å². The van der Waals surface area contributed by atoms with Crippen molar-refractivity contribution >= 4 is 12.7 Å². The van der Waals surface area contributed by atoms with E-state index in [-0.39, 0.29) is 0 Å². The molecular formula is C9H17BN2O2. The number of unbranched alkanes of at least 4 members (excludes halogenated alkanes) is 1. The lowest BCUT2D eigenvalue weighted by Gasteiger charge is -2.06. The summed E-state index contributed by atoms with van der Waals surface area (Å²) in [4.78, 5) is 0. The van der Waals surface area contributed by atoms with Crippen molar-refractivity contribution in [1.82, 2.24) is 9.78 Å². The molecule has 0 atom stereocenters. The minimum Gasteiger partial charge on any atom is -0.422 e. The van der Waals surface area contributed by atoms with Crippen molar-refractivity contribution in [2.75, 3.05) is 0 Å². The van der Waals surface area contributed by atoms with Crippen molar-refractivity contribution < 1.29 is 10.0 Å². The van der Waals surface area contributed by atoms with Crippen molar-refractivity contribution in [2.45, 2.75) is 40.2 Å². The summed E-state index contributed by atoms with van der Waals surface area (Å²) >= 11 is 0. The van der Waals surface area contributed by atoms with Crippen molar-refractivity contribution in [1.29, 1.82) is 0 Å². The summed E-state index contributed by atoms with van der Waals surface area (Å²) < 4.78 is 1.69. The first-order chi connectivity index (χ1) is 6.57. The fourth-order valence-electron chi connectivity index (χ4n) is 1.49. The molecule has 0 aromatic carbocycles. The van der Waals surface area contributed by atoms with Crippen molar-refractivity contribution in [3.05, 3.63) is 11.3 Å². The van der Waals surface area contributed by atoms with Gasteiger partial charge in [0, 0.05) is 6.54 Å². The molecule has 0 amide bonds. The maximum atomic E-state index is 9.19. The molecule has 78 valence electrons. The fraction of sp³-hybridized carbons (Fsp3) is 0.667. The van der Waals surface area contributed by atoms with E-state index >= 15 is 0 Å². The summed E-state index contributed by atoms with van der Waals surface area (Å²) in [5.74, 6) is 0. The van der Waals surface area contributed by atoms with Gasteiger partial charge < -0.3 is 10.0 Å². The Morgan fingerprint density at radius 2 is 2.00 bits per heavy atom. The molecule has 0 fully saturated rings. The van der Waals surface area contributed by atoms with Gasteiger partial charge in [-0.25, -0.2) is 0 Å². The van der Waals surface area contributed by atoms with Crippen LogP contribution in [0.15, 0.2) is 0 Å². The van der Waals surface area contributed by atoms with Crippen LogP contribution in [0.4, 0.5) is 0 Å². The smallest absolute Gasteiger partial charge is 0.422 e. The number of hydrogen-bond donors (Lipinski definition) is 2. The van der Waals surface area contributed by atoms with Gasteiger partial charge in [0.2, 0.25) is 0 Å². The molecule has 5 heteroatoms. The first kappa shape index (κ1) is 11.3. The molecule has 0 radical (unpaired) electrons.